The standard InChI is InChI=1S/C16H16N4O3/c1-23-13-6-5-9(7-12(13)22)15-14-10(3-2-4-11(14)21)19-16-17-8-18-20(15)16/h5-8,15,22H,2-4H2,1H3,(H,17,18,19)/t15-/m0/s1. The highest BCUT2D eigenvalue weighted by Gasteiger charge is 2.36. The van der Waals surface area contributed by atoms with Crippen molar-refractivity contribution in [3.05, 3.63) is 41.4 Å². The third-order valence-corrected chi connectivity index (χ3v) is 4.33. The number of hydrogen-bond donors (Lipinski definition) is 2. The molecule has 0 radical (unpaired) electrons. The second-order valence-electron chi connectivity index (χ2n) is 5.66. The summed E-state index contributed by atoms with van der Waals surface area (Å²) in [5.74, 6) is 1.15. The Kier molecular flexibility index (Phi) is 3.07. The lowest BCUT2D eigenvalue weighted by Crippen LogP contribution is -2.31. The molecule has 23 heavy (non-hydrogen) atoms. The molecular formula is C16H16N4O3. The molecule has 2 aromatic rings. The Morgan fingerprint density at radius 2 is 2.26 bits per heavy atom. The highest BCUT2D eigenvalue weighted by atomic mass is 16.5. The molecule has 1 aromatic carbocycles. The molecule has 1 aliphatic heterocycles. The van der Waals surface area contributed by atoms with Gasteiger partial charge in [-0.05, 0) is 30.5 Å². The van der Waals surface area contributed by atoms with E-state index < -0.39 is 0 Å². The Morgan fingerprint density at radius 1 is 1.39 bits per heavy atom. The Hall–Kier alpha value is -2.83. The Balaban J connectivity index is 1.89. The molecule has 1 aromatic heterocycles. The number of rotatable bonds is 2. The predicted octanol–water partition coefficient (Wildman–Crippen LogP) is 2.01. The van der Waals surface area contributed by atoms with E-state index in [0.29, 0.717) is 23.7 Å². The van der Waals surface area contributed by atoms with Crippen LogP contribution in [0.1, 0.15) is 30.9 Å². The summed E-state index contributed by atoms with van der Waals surface area (Å²) in [6.45, 7) is 0. The second kappa shape index (κ2) is 5.12. The fraction of sp³-hybridized carbons (Fsp3) is 0.312. The van der Waals surface area contributed by atoms with Gasteiger partial charge in [-0.3, -0.25) is 4.79 Å². The minimum Gasteiger partial charge on any atom is -0.504 e. The number of ketones is 1. The number of nitrogens with zero attached hydrogens (tertiary/aromatic N) is 3. The number of methoxy groups -OCH3 is 1. The summed E-state index contributed by atoms with van der Waals surface area (Å²) in [6, 6.07) is 4.77. The first-order chi connectivity index (χ1) is 11.2. The van der Waals surface area contributed by atoms with Crippen LogP contribution in [0.2, 0.25) is 0 Å². The third kappa shape index (κ3) is 2.08. The fourth-order valence-corrected chi connectivity index (χ4v) is 3.28. The van der Waals surface area contributed by atoms with E-state index in [2.05, 4.69) is 15.4 Å². The normalized spacial score (nSPS) is 19.9. The maximum absolute atomic E-state index is 12.5. The second-order valence-corrected chi connectivity index (χ2v) is 5.66. The van der Waals surface area contributed by atoms with Crippen LogP contribution in [0.5, 0.6) is 11.5 Å². The van der Waals surface area contributed by atoms with E-state index in [4.69, 9.17) is 4.74 Å². The molecule has 1 atom stereocenters. The smallest absolute Gasteiger partial charge is 0.226 e. The number of nitrogens with one attached hydrogen (secondary N) is 1. The molecule has 0 saturated carbocycles. The third-order valence-electron chi connectivity index (χ3n) is 4.33. The zero-order valence-electron chi connectivity index (χ0n) is 12.6. The van der Waals surface area contributed by atoms with Gasteiger partial charge in [0.15, 0.2) is 17.3 Å². The first-order valence-electron chi connectivity index (χ1n) is 7.48. The number of carbonyl (C=O) groups excluding carboxylic acids is 1. The number of aromatic hydroxyl groups is 1. The molecule has 0 fully saturated rings. The lowest BCUT2D eigenvalue weighted by molar-refractivity contribution is -0.116. The van der Waals surface area contributed by atoms with Crippen LogP contribution in [0, 0.1) is 0 Å². The first-order valence-corrected chi connectivity index (χ1v) is 7.48. The number of benzene rings is 1. The number of phenols is 1. The van der Waals surface area contributed by atoms with Crippen LogP contribution >= 0.6 is 0 Å². The van der Waals surface area contributed by atoms with Crippen molar-refractivity contribution in [3.8, 4) is 11.5 Å². The maximum Gasteiger partial charge on any atom is 0.226 e. The van der Waals surface area contributed by atoms with Gasteiger partial charge in [-0.25, -0.2) is 4.68 Å². The van der Waals surface area contributed by atoms with Gasteiger partial charge >= 0.3 is 0 Å². The number of hydrogen-bond acceptors (Lipinski definition) is 6. The topological polar surface area (TPSA) is 89.3 Å². The summed E-state index contributed by atoms with van der Waals surface area (Å²) in [6.07, 6.45) is 3.64. The van der Waals surface area contributed by atoms with Gasteiger partial charge in [0, 0.05) is 17.7 Å². The zero-order chi connectivity index (χ0) is 16.0. The largest absolute Gasteiger partial charge is 0.504 e. The van der Waals surface area contributed by atoms with Gasteiger partial charge in [0.2, 0.25) is 5.95 Å². The average Bonchev–Trinajstić information content (AvgIpc) is 3.01. The fourth-order valence-electron chi connectivity index (χ4n) is 3.28. The van der Waals surface area contributed by atoms with E-state index >= 15 is 0 Å². The van der Waals surface area contributed by atoms with Gasteiger partial charge in [-0.2, -0.15) is 10.1 Å². The number of phenolic OH excluding ortho intramolecular Hbond substituents is 1. The van der Waals surface area contributed by atoms with Crippen LogP contribution in [0.4, 0.5) is 5.95 Å². The lowest BCUT2D eigenvalue weighted by atomic mass is 9.85. The Bertz CT molecular complexity index is 824. The van der Waals surface area contributed by atoms with Crippen molar-refractivity contribution < 1.29 is 14.6 Å². The SMILES string of the molecule is COc1ccc([C@H]2C3=C(CCCC3=O)Nc3ncnn32)cc1O. The van der Waals surface area contributed by atoms with Gasteiger partial charge in [0.05, 0.1) is 7.11 Å². The molecule has 0 bridgehead atoms. The number of fused-ring (bicyclic) bond motifs is 1. The highest BCUT2D eigenvalue weighted by Crippen LogP contribution is 2.41. The van der Waals surface area contributed by atoms with Crippen LogP contribution in [0.25, 0.3) is 0 Å². The molecule has 0 saturated heterocycles. The summed E-state index contributed by atoms with van der Waals surface area (Å²) in [5.41, 5.74) is 2.39. The Labute approximate surface area is 132 Å². The van der Waals surface area contributed by atoms with Crippen LogP contribution < -0.4 is 10.1 Å². The summed E-state index contributed by atoms with van der Waals surface area (Å²) >= 11 is 0. The quantitative estimate of drug-likeness (QED) is 0.882. The molecule has 0 unspecified atom stereocenters. The molecule has 7 nitrogen and oxygen atoms in total. The van der Waals surface area contributed by atoms with Crippen molar-refractivity contribution in [3.63, 3.8) is 0 Å². The molecular weight excluding hydrogens is 296 g/mol. The summed E-state index contributed by atoms with van der Waals surface area (Å²) in [5, 5.41) is 17.6. The average molecular weight is 312 g/mol. The Morgan fingerprint density at radius 3 is 3.04 bits per heavy atom. The van der Waals surface area contributed by atoms with Crippen molar-refractivity contribution in [2.45, 2.75) is 25.3 Å². The van der Waals surface area contributed by atoms with Crippen molar-refractivity contribution in [2.24, 2.45) is 0 Å². The lowest BCUT2D eigenvalue weighted by Gasteiger charge is -2.32. The number of Topliss-reactive ketones (excluding diaryl/α,β-unsaturated/α-hetero) is 1. The summed E-state index contributed by atoms with van der Waals surface area (Å²) < 4.78 is 6.78. The molecule has 4 rings (SSSR count). The molecule has 0 spiro atoms. The van der Waals surface area contributed by atoms with E-state index in [1.54, 1.807) is 16.8 Å². The van der Waals surface area contributed by atoms with E-state index in [1.807, 2.05) is 6.07 Å². The van der Waals surface area contributed by atoms with Gasteiger partial charge < -0.3 is 15.2 Å². The number of anilines is 1. The molecule has 2 aliphatic rings. The zero-order valence-corrected chi connectivity index (χ0v) is 12.6. The van der Waals surface area contributed by atoms with Crippen molar-refractivity contribution in [1.82, 2.24) is 14.8 Å². The van der Waals surface area contributed by atoms with E-state index in [1.165, 1.54) is 13.4 Å². The number of aromatic nitrogens is 3. The highest BCUT2D eigenvalue weighted by molar-refractivity contribution is 5.99. The number of allylic oxidation sites excluding steroid dienone is 2. The van der Waals surface area contributed by atoms with Crippen LogP contribution in [-0.2, 0) is 4.79 Å². The minimum atomic E-state index is -0.381. The number of carbonyl (C=O) groups is 1. The van der Waals surface area contributed by atoms with Crippen LogP contribution in [0.15, 0.2) is 35.8 Å². The van der Waals surface area contributed by atoms with E-state index in [0.717, 1.165) is 24.1 Å². The monoisotopic (exact) mass is 312 g/mol. The maximum atomic E-state index is 12.5. The van der Waals surface area contributed by atoms with E-state index in [-0.39, 0.29) is 17.6 Å². The molecule has 2 N–H and O–H groups in total. The van der Waals surface area contributed by atoms with Crippen molar-refractivity contribution in [2.75, 3.05) is 12.4 Å². The van der Waals surface area contributed by atoms with Crippen molar-refractivity contribution in [1.29, 1.82) is 0 Å². The summed E-state index contributed by atoms with van der Waals surface area (Å²) in [7, 11) is 1.50. The minimum absolute atomic E-state index is 0.0376. The molecule has 118 valence electrons. The van der Waals surface area contributed by atoms with Crippen molar-refractivity contribution >= 4 is 11.7 Å². The van der Waals surface area contributed by atoms with Gasteiger partial charge in [-0.15, -0.1) is 0 Å². The van der Waals surface area contributed by atoms with Gasteiger partial charge in [0.25, 0.3) is 0 Å². The van der Waals surface area contributed by atoms with Crippen LogP contribution in [0.3, 0.4) is 0 Å². The predicted molar refractivity (Wildman–Crippen MR) is 82.3 cm³/mol. The summed E-state index contributed by atoms with van der Waals surface area (Å²) in [4.78, 5) is 16.7. The molecule has 2 heterocycles. The molecule has 0 amide bonds. The molecule has 1 aliphatic carbocycles. The van der Waals surface area contributed by atoms with E-state index in [9.17, 15) is 9.90 Å². The van der Waals surface area contributed by atoms with Gasteiger partial charge in [0.1, 0.15) is 12.4 Å². The molecule has 7 heteroatoms. The first kappa shape index (κ1) is 13.8. The van der Waals surface area contributed by atoms with Crippen LogP contribution in [-0.4, -0.2) is 32.8 Å². The number of ether oxygens (including phenoxy) is 1. The van der Waals surface area contributed by atoms with Gasteiger partial charge in [-0.1, -0.05) is 6.07 Å².